The van der Waals surface area contributed by atoms with Gasteiger partial charge in [-0.2, -0.15) is 0 Å². The highest BCUT2D eigenvalue weighted by atomic mass is 79.9. The van der Waals surface area contributed by atoms with Gasteiger partial charge in [-0.25, -0.2) is 0 Å². The van der Waals surface area contributed by atoms with Crippen molar-refractivity contribution in [3.8, 4) is 0 Å². The molecule has 0 unspecified atom stereocenters. The molecule has 1 atom stereocenters. The molecule has 2 aromatic rings. The van der Waals surface area contributed by atoms with Crippen LogP contribution in [-0.4, -0.2) is 10.8 Å². The Morgan fingerprint density at radius 1 is 0.950 bits per heavy atom. The number of carbonyl (C=O) groups excluding carboxylic acids is 1. The van der Waals surface area contributed by atoms with Crippen LogP contribution in [0.25, 0.3) is 0 Å². The molecule has 0 aliphatic carbocycles. The summed E-state index contributed by atoms with van der Waals surface area (Å²) in [6.45, 7) is 7.90. The van der Waals surface area contributed by atoms with Gasteiger partial charge in [-0.1, -0.05) is 33.1 Å². The summed E-state index contributed by atoms with van der Waals surface area (Å²) >= 11 is 3.53. The van der Waals surface area contributed by atoms with Crippen LogP contribution in [0.15, 0.2) is 30.3 Å². The van der Waals surface area contributed by atoms with Crippen molar-refractivity contribution >= 4 is 21.7 Å². The molecule has 0 aliphatic rings. The van der Waals surface area contributed by atoms with E-state index in [0.717, 1.165) is 33.6 Å². The van der Waals surface area contributed by atoms with Gasteiger partial charge in [-0.05, 0) is 57.5 Å². The maximum atomic E-state index is 12.6. The molecule has 1 aromatic carbocycles. The highest BCUT2D eigenvalue weighted by Crippen LogP contribution is 2.28. The Labute approximate surface area is 128 Å². The van der Waals surface area contributed by atoms with Gasteiger partial charge < -0.3 is 0 Å². The summed E-state index contributed by atoms with van der Waals surface area (Å²) in [4.78, 5) is 16.6. The van der Waals surface area contributed by atoms with Gasteiger partial charge in [0.25, 0.3) is 0 Å². The molecule has 0 saturated heterocycles. The molecule has 104 valence electrons. The second-order valence-corrected chi connectivity index (χ2v) is 6.20. The Bertz CT molecular complexity index is 624. The zero-order valence-corrected chi connectivity index (χ0v) is 13.8. The summed E-state index contributed by atoms with van der Waals surface area (Å²) in [7, 11) is 0. The lowest BCUT2D eigenvalue weighted by Crippen LogP contribution is -2.08. The van der Waals surface area contributed by atoms with E-state index in [0.29, 0.717) is 0 Å². The number of aromatic nitrogens is 1. The van der Waals surface area contributed by atoms with E-state index in [1.54, 1.807) is 0 Å². The zero-order valence-electron chi connectivity index (χ0n) is 12.2. The molecule has 0 N–H and O–H groups in total. The van der Waals surface area contributed by atoms with Crippen molar-refractivity contribution < 1.29 is 4.79 Å². The van der Waals surface area contributed by atoms with Crippen LogP contribution < -0.4 is 0 Å². The maximum Gasteiger partial charge on any atom is 0.180 e. The number of halogens is 1. The van der Waals surface area contributed by atoms with Crippen molar-refractivity contribution in [2.45, 2.75) is 32.5 Å². The zero-order chi connectivity index (χ0) is 14.9. The number of aryl methyl sites for hydroxylation is 4. The lowest BCUT2D eigenvalue weighted by atomic mass is 9.99. The van der Waals surface area contributed by atoms with Crippen molar-refractivity contribution in [2.75, 3.05) is 0 Å². The van der Waals surface area contributed by atoms with Crippen LogP contribution in [0.1, 0.15) is 43.3 Å². The van der Waals surface area contributed by atoms with Crippen molar-refractivity contribution in [2.24, 2.45) is 0 Å². The second kappa shape index (κ2) is 5.88. The summed E-state index contributed by atoms with van der Waals surface area (Å²) in [5.41, 5.74) is 5.77. The van der Waals surface area contributed by atoms with Gasteiger partial charge in [0, 0.05) is 17.0 Å². The van der Waals surface area contributed by atoms with Gasteiger partial charge >= 0.3 is 0 Å². The van der Waals surface area contributed by atoms with Gasteiger partial charge in [0.05, 0.1) is 0 Å². The molecule has 20 heavy (non-hydrogen) atoms. The first-order valence-electron chi connectivity index (χ1n) is 6.58. The fourth-order valence-electron chi connectivity index (χ4n) is 2.43. The first kappa shape index (κ1) is 14.9. The molecule has 0 saturated carbocycles. The van der Waals surface area contributed by atoms with E-state index in [4.69, 9.17) is 0 Å². The monoisotopic (exact) mass is 331 g/mol. The molecule has 2 rings (SSSR count). The average molecular weight is 332 g/mol. The van der Waals surface area contributed by atoms with Crippen LogP contribution in [-0.2, 0) is 0 Å². The Balaban J connectivity index is 2.36. The predicted molar refractivity (Wildman–Crippen MR) is 85.6 cm³/mol. The van der Waals surface area contributed by atoms with Crippen molar-refractivity contribution in [1.82, 2.24) is 4.98 Å². The number of ketones is 1. The lowest BCUT2D eigenvalue weighted by Gasteiger charge is -2.12. The number of rotatable bonds is 3. The number of alkyl halides is 1. The van der Waals surface area contributed by atoms with Gasteiger partial charge in [0.1, 0.15) is 4.83 Å². The number of carbonyl (C=O) groups is 1. The van der Waals surface area contributed by atoms with Crippen LogP contribution >= 0.6 is 15.9 Å². The van der Waals surface area contributed by atoms with Gasteiger partial charge in [-0.3, -0.25) is 9.78 Å². The Kier molecular flexibility index (Phi) is 4.39. The van der Waals surface area contributed by atoms with Gasteiger partial charge in [-0.15, -0.1) is 0 Å². The standard InChI is InChI=1S/C17H18BrNO/c1-10-5-11(2)7-15(6-10)17(20)16(18)14-8-12(3)19-13(4)9-14/h5-9,16H,1-4H3/t16-/m0/s1. The lowest BCUT2D eigenvalue weighted by molar-refractivity contribution is 0.0991. The molecule has 0 bridgehead atoms. The van der Waals surface area contributed by atoms with Crippen LogP contribution in [0.2, 0.25) is 0 Å². The van der Waals surface area contributed by atoms with Crippen LogP contribution in [0.3, 0.4) is 0 Å². The molecule has 1 aromatic heterocycles. The number of pyridine rings is 1. The average Bonchev–Trinajstić information content (AvgIpc) is 2.34. The molecule has 0 aliphatic heterocycles. The van der Waals surface area contributed by atoms with E-state index in [2.05, 4.69) is 27.0 Å². The Morgan fingerprint density at radius 3 is 1.95 bits per heavy atom. The largest absolute Gasteiger partial charge is 0.293 e. The van der Waals surface area contributed by atoms with E-state index in [9.17, 15) is 4.79 Å². The summed E-state index contributed by atoms with van der Waals surface area (Å²) in [5, 5.41) is 0. The smallest absolute Gasteiger partial charge is 0.180 e. The van der Waals surface area contributed by atoms with E-state index < -0.39 is 0 Å². The first-order valence-corrected chi connectivity index (χ1v) is 7.50. The number of nitrogens with zero attached hydrogens (tertiary/aromatic N) is 1. The molecule has 0 fully saturated rings. The summed E-state index contributed by atoms with van der Waals surface area (Å²) in [6, 6.07) is 9.84. The molecular weight excluding hydrogens is 314 g/mol. The number of hydrogen-bond acceptors (Lipinski definition) is 2. The fourth-order valence-corrected chi connectivity index (χ4v) is 2.96. The van der Waals surface area contributed by atoms with Crippen molar-refractivity contribution in [1.29, 1.82) is 0 Å². The van der Waals surface area contributed by atoms with Crippen LogP contribution in [0.4, 0.5) is 0 Å². The summed E-state index contributed by atoms with van der Waals surface area (Å²) in [6.07, 6.45) is 0. The minimum absolute atomic E-state index is 0.0850. The SMILES string of the molecule is Cc1cc(C)cc(C(=O)[C@@H](Br)c2cc(C)nc(C)c2)c1. The number of hydrogen-bond donors (Lipinski definition) is 0. The van der Waals surface area contributed by atoms with E-state index in [-0.39, 0.29) is 10.6 Å². The minimum Gasteiger partial charge on any atom is -0.293 e. The van der Waals surface area contributed by atoms with E-state index in [1.165, 1.54) is 0 Å². The Morgan fingerprint density at radius 2 is 1.45 bits per heavy atom. The molecular formula is C17H18BrNO. The second-order valence-electron chi connectivity index (χ2n) is 5.29. The molecule has 1 heterocycles. The van der Waals surface area contributed by atoms with Crippen molar-refractivity contribution in [3.63, 3.8) is 0 Å². The third-order valence-corrected chi connectivity index (χ3v) is 4.08. The summed E-state index contributed by atoms with van der Waals surface area (Å²) < 4.78 is 0. The third-order valence-electron chi connectivity index (χ3n) is 3.13. The van der Waals surface area contributed by atoms with Crippen LogP contribution in [0, 0.1) is 27.7 Å². The molecule has 0 spiro atoms. The molecule has 3 heteroatoms. The third kappa shape index (κ3) is 3.34. The predicted octanol–water partition coefficient (Wildman–Crippen LogP) is 4.63. The highest BCUT2D eigenvalue weighted by molar-refractivity contribution is 9.09. The molecule has 0 amide bonds. The van der Waals surface area contributed by atoms with Gasteiger partial charge in [0.15, 0.2) is 5.78 Å². The normalized spacial score (nSPS) is 12.2. The quantitative estimate of drug-likeness (QED) is 0.606. The van der Waals surface area contributed by atoms with Crippen molar-refractivity contribution in [3.05, 3.63) is 64.0 Å². The molecule has 0 radical (unpaired) electrons. The summed E-state index contributed by atoms with van der Waals surface area (Å²) in [5.74, 6) is 0.0850. The topological polar surface area (TPSA) is 30.0 Å². The van der Waals surface area contributed by atoms with Crippen LogP contribution in [0.5, 0.6) is 0 Å². The van der Waals surface area contributed by atoms with E-state index >= 15 is 0 Å². The maximum absolute atomic E-state index is 12.6. The number of Topliss-reactive ketones (excluding diaryl/α,β-unsaturated/α-hetero) is 1. The number of benzene rings is 1. The fraction of sp³-hybridized carbons (Fsp3) is 0.294. The van der Waals surface area contributed by atoms with Gasteiger partial charge in [0.2, 0.25) is 0 Å². The van der Waals surface area contributed by atoms with E-state index in [1.807, 2.05) is 52.0 Å². The minimum atomic E-state index is -0.330. The first-order chi connectivity index (χ1) is 9.36. The Hall–Kier alpha value is -1.48. The highest BCUT2D eigenvalue weighted by Gasteiger charge is 2.20. The molecule has 2 nitrogen and oxygen atoms in total.